The van der Waals surface area contributed by atoms with Gasteiger partial charge in [0.25, 0.3) is 6.47 Å². The molecule has 1 rings (SSSR count). The number of rotatable bonds is 4. The van der Waals surface area contributed by atoms with Gasteiger partial charge in [0.05, 0.1) is 6.10 Å². The van der Waals surface area contributed by atoms with Gasteiger partial charge in [-0.1, -0.05) is 12.8 Å². The Kier molecular flexibility index (Phi) is 3.22. The molecule has 0 bridgehead atoms. The Morgan fingerprint density at radius 1 is 1.40 bits per heavy atom. The van der Waals surface area contributed by atoms with E-state index in [2.05, 4.69) is 4.74 Å². The predicted molar refractivity (Wildman–Crippen MR) is 35.4 cm³/mol. The van der Waals surface area contributed by atoms with Gasteiger partial charge >= 0.3 is 0 Å². The van der Waals surface area contributed by atoms with Gasteiger partial charge in [-0.25, -0.2) is 0 Å². The summed E-state index contributed by atoms with van der Waals surface area (Å²) in [6.45, 7) is 0.531. The highest BCUT2D eigenvalue weighted by molar-refractivity contribution is 5.36. The molecule has 58 valence electrons. The molecular weight excluding hydrogens is 132 g/mol. The van der Waals surface area contributed by atoms with Gasteiger partial charge in [0.15, 0.2) is 6.79 Å². The molecule has 0 atom stereocenters. The van der Waals surface area contributed by atoms with E-state index in [-0.39, 0.29) is 6.79 Å². The van der Waals surface area contributed by atoms with Crippen LogP contribution in [0.25, 0.3) is 0 Å². The van der Waals surface area contributed by atoms with Crippen LogP contribution in [0.15, 0.2) is 0 Å². The van der Waals surface area contributed by atoms with Crippen LogP contribution in [0.1, 0.15) is 25.7 Å². The summed E-state index contributed by atoms with van der Waals surface area (Å²) in [5.74, 6) is 0. The summed E-state index contributed by atoms with van der Waals surface area (Å²) >= 11 is 0. The van der Waals surface area contributed by atoms with Gasteiger partial charge in [0, 0.05) is 0 Å². The zero-order chi connectivity index (χ0) is 7.23. The second-order valence-electron chi connectivity index (χ2n) is 2.45. The lowest BCUT2D eigenvalue weighted by Crippen LogP contribution is -2.09. The molecule has 10 heavy (non-hydrogen) atoms. The van der Waals surface area contributed by atoms with Gasteiger partial charge in [-0.3, -0.25) is 4.79 Å². The molecular formula is C7H12O3. The minimum absolute atomic E-state index is 0.119. The minimum atomic E-state index is 0.119. The molecule has 3 nitrogen and oxygen atoms in total. The Morgan fingerprint density at radius 2 is 2.10 bits per heavy atom. The van der Waals surface area contributed by atoms with Crippen LogP contribution in [0.3, 0.4) is 0 Å². The van der Waals surface area contributed by atoms with Crippen molar-refractivity contribution in [2.75, 3.05) is 6.79 Å². The number of hydrogen-bond acceptors (Lipinski definition) is 3. The Balaban J connectivity index is 1.96. The fourth-order valence-electron chi connectivity index (χ4n) is 1.22. The minimum Gasteiger partial charge on any atom is -0.441 e. The van der Waals surface area contributed by atoms with Crippen LogP contribution in [0.4, 0.5) is 0 Å². The van der Waals surface area contributed by atoms with E-state index >= 15 is 0 Å². The van der Waals surface area contributed by atoms with Gasteiger partial charge in [-0.2, -0.15) is 0 Å². The van der Waals surface area contributed by atoms with E-state index in [1.54, 1.807) is 0 Å². The van der Waals surface area contributed by atoms with Crippen molar-refractivity contribution in [2.45, 2.75) is 31.8 Å². The third kappa shape index (κ3) is 2.35. The first-order chi connectivity index (χ1) is 4.93. The summed E-state index contributed by atoms with van der Waals surface area (Å²) in [6.07, 6.45) is 5.04. The number of carbonyl (C=O) groups is 1. The molecule has 0 heterocycles. The zero-order valence-corrected chi connectivity index (χ0v) is 5.91. The van der Waals surface area contributed by atoms with Crippen molar-refractivity contribution >= 4 is 6.47 Å². The van der Waals surface area contributed by atoms with Crippen molar-refractivity contribution in [1.29, 1.82) is 0 Å². The smallest absolute Gasteiger partial charge is 0.295 e. The summed E-state index contributed by atoms with van der Waals surface area (Å²) < 4.78 is 9.58. The maximum Gasteiger partial charge on any atom is 0.295 e. The van der Waals surface area contributed by atoms with Crippen LogP contribution in [-0.2, 0) is 14.3 Å². The maximum absolute atomic E-state index is 9.68. The molecule has 1 aliphatic rings. The van der Waals surface area contributed by atoms with E-state index < -0.39 is 0 Å². The van der Waals surface area contributed by atoms with Crippen molar-refractivity contribution < 1.29 is 14.3 Å². The van der Waals surface area contributed by atoms with Crippen molar-refractivity contribution in [3.05, 3.63) is 0 Å². The highest BCUT2D eigenvalue weighted by Gasteiger charge is 2.14. The first-order valence-corrected chi connectivity index (χ1v) is 3.60. The van der Waals surface area contributed by atoms with E-state index in [1.165, 1.54) is 12.8 Å². The highest BCUT2D eigenvalue weighted by Crippen LogP contribution is 2.20. The standard InChI is InChI=1S/C7H12O3/c8-5-9-6-10-7-3-1-2-4-7/h5,7H,1-4,6H2. The van der Waals surface area contributed by atoms with E-state index in [1.807, 2.05) is 0 Å². The zero-order valence-electron chi connectivity index (χ0n) is 5.91. The van der Waals surface area contributed by atoms with Gasteiger partial charge in [0.2, 0.25) is 0 Å². The van der Waals surface area contributed by atoms with Gasteiger partial charge < -0.3 is 9.47 Å². The maximum atomic E-state index is 9.68. The van der Waals surface area contributed by atoms with Crippen molar-refractivity contribution in [1.82, 2.24) is 0 Å². The average molecular weight is 144 g/mol. The van der Waals surface area contributed by atoms with E-state index in [0.29, 0.717) is 12.6 Å². The normalized spacial score (nSPS) is 19.2. The van der Waals surface area contributed by atoms with Crippen molar-refractivity contribution in [3.63, 3.8) is 0 Å². The van der Waals surface area contributed by atoms with Crippen molar-refractivity contribution in [3.8, 4) is 0 Å². The lowest BCUT2D eigenvalue weighted by atomic mass is 10.3. The third-order valence-electron chi connectivity index (χ3n) is 1.74. The van der Waals surface area contributed by atoms with Crippen LogP contribution in [0, 0.1) is 0 Å². The summed E-state index contributed by atoms with van der Waals surface area (Å²) in [7, 11) is 0. The van der Waals surface area contributed by atoms with E-state index in [0.717, 1.165) is 12.8 Å². The molecule has 0 N–H and O–H groups in total. The Labute approximate surface area is 60.3 Å². The van der Waals surface area contributed by atoms with Gasteiger partial charge in [-0.05, 0) is 12.8 Å². The van der Waals surface area contributed by atoms with Crippen LogP contribution in [0.2, 0.25) is 0 Å². The molecule has 0 amide bonds. The van der Waals surface area contributed by atoms with E-state index in [9.17, 15) is 4.79 Å². The molecule has 3 heteroatoms. The largest absolute Gasteiger partial charge is 0.441 e. The summed E-state index contributed by atoms with van der Waals surface area (Å²) in [4.78, 5) is 9.68. The summed E-state index contributed by atoms with van der Waals surface area (Å²) in [6, 6.07) is 0. The quantitative estimate of drug-likeness (QED) is 0.336. The molecule has 0 aromatic rings. The monoisotopic (exact) mass is 144 g/mol. The topological polar surface area (TPSA) is 35.5 Å². The Morgan fingerprint density at radius 3 is 2.70 bits per heavy atom. The molecule has 0 spiro atoms. The molecule has 0 radical (unpaired) electrons. The van der Waals surface area contributed by atoms with Crippen LogP contribution in [-0.4, -0.2) is 19.4 Å². The average Bonchev–Trinajstić information content (AvgIpc) is 2.41. The van der Waals surface area contributed by atoms with Crippen LogP contribution < -0.4 is 0 Å². The molecule has 0 unspecified atom stereocenters. The fourth-order valence-corrected chi connectivity index (χ4v) is 1.22. The lowest BCUT2D eigenvalue weighted by Gasteiger charge is -2.08. The molecule has 0 saturated heterocycles. The Hall–Kier alpha value is -0.570. The SMILES string of the molecule is O=COCOC1CCCC1. The van der Waals surface area contributed by atoms with Crippen molar-refractivity contribution in [2.24, 2.45) is 0 Å². The second-order valence-corrected chi connectivity index (χ2v) is 2.45. The molecule has 0 aromatic carbocycles. The first kappa shape index (κ1) is 7.54. The first-order valence-electron chi connectivity index (χ1n) is 3.60. The van der Waals surface area contributed by atoms with E-state index in [4.69, 9.17) is 4.74 Å². The summed E-state index contributed by atoms with van der Waals surface area (Å²) in [5.41, 5.74) is 0. The third-order valence-corrected chi connectivity index (χ3v) is 1.74. The number of ether oxygens (including phenoxy) is 2. The summed E-state index contributed by atoms with van der Waals surface area (Å²) in [5, 5.41) is 0. The molecule has 0 aromatic heterocycles. The number of carbonyl (C=O) groups excluding carboxylic acids is 1. The predicted octanol–water partition coefficient (Wildman–Crippen LogP) is 1.08. The number of hydrogen-bond donors (Lipinski definition) is 0. The molecule has 0 aliphatic heterocycles. The molecule has 1 saturated carbocycles. The second kappa shape index (κ2) is 4.28. The highest BCUT2D eigenvalue weighted by atomic mass is 16.7. The molecule has 1 aliphatic carbocycles. The van der Waals surface area contributed by atoms with Crippen LogP contribution >= 0.6 is 0 Å². The van der Waals surface area contributed by atoms with Crippen LogP contribution in [0.5, 0.6) is 0 Å². The fraction of sp³-hybridized carbons (Fsp3) is 0.857. The lowest BCUT2D eigenvalue weighted by molar-refractivity contribution is -0.145. The Bertz CT molecular complexity index is 97.0. The van der Waals surface area contributed by atoms with Gasteiger partial charge in [-0.15, -0.1) is 0 Å². The molecule has 1 fully saturated rings. The van der Waals surface area contributed by atoms with Gasteiger partial charge in [0.1, 0.15) is 0 Å².